The summed E-state index contributed by atoms with van der Waals surface area (Å²) in [6, 6.07) is 6.15. The van der Waals surface area contributed by atoms with Crippen LogP contribution in [0.3, 0.4) is 0 Å². The van der Waals surface area contributed by atoms with E-state index in [1.807, 2.05) is 0 Å². The summed E-state index contributed by atoms with van der Waals surface area (Å²) >= 11 is 0. The van der Waals surface area contributed by atoms with Gasteiger partial charge in [-0.05, 0) is 30.7 Å². The lowest BCUT2D eigenvalue weighted by molar-refractivity contribution is 0.397. The minimum atomic E-state index is -0.256. The van der Waals surface area contributed by atoms with Gasteiger partial charge in [0.05, 0.1) is 0 Å². The Balaban J connectivity index is 2.21. The van der Waals surface area contributed by atoms with E-state index in [0.29, 0.717) is 17.1 Å². The molecular formula is C12H11FN2O. The Bertz CT molecular complexity index is 514. The molecule has 0 aliphatic heterocycles. The molecule has 3 nitrogen and oxygen atoms in total. The number of halogens is 1. The van der Waals surface area contributed by atoms with Crippen molar-refractivity contribution < 1.29 is 8.91 Å². The summed E-state index contributed by atoms with van der Waals surface area (Å²) in [4.78, 5) is 0. The van der Waals surface area contributed by atoms with Crippen molar-refractivity contribution in [3.8, 4) is 0 Å². The molecule has 16 heavy (non-hydrogen) atoms. The topological polar surface area (TPSA) is 52.0 Å². The second-order valence-corrected chi connectivity index (χ2v) is 3.42. The van der Waals surface area contributed by atoms with Gasteiger partial charge in [0.15, 0.2) is 5.76 Å². The van der Waals surface area contributed by atoms with Crippen molar-refractivity contribution in [2.45, 2.75) is 6.92 Å². The van der Waals surface area contributed by atoms with Crippen molar-refractivity contribution in [2.75, 3.05) is 5.73 Å². The van der Waals surface area contributed by atoms with E-state index in [0.717, 1.165) is 5.56 Å². The van der Waals surface area contributed by atoms with Gasteiger partial charge in [-0.15, -0.1) is 0 Å². The van der Waals surface area contributed by atoms with Gasteiger partial charge < -0.3 is 10.3 Å². The Labute approximate surface area is 92.4 Å². The van der Waals surface area contributed by atoms with E-state index in [1.165, 1.54) is 12.1 Å². The zero-order valence-corrected chi connectivity index (χ0v) is 8.77. The fourth-order valence-electron chi connectivity index (χ4n) is 1.27. The molecule has 2 aromatic rings. The number of aromatic nitrogens is 1. The molecule has 1 heterocycles. The van der Waals surface area contributed by atoms with Crippen LogP contribution in [0, 0.1) is 12.7 Å². The molecule has 4 heteroatoms. The summed E-state index contributed by atoms with van der Waals surface area (Å²) in [7, 11) is 0. The summed E-state index contributed by atoms with van der Waals surface area (Å²) < 4.78 is 17.6. The summed E-state index contributed by atoms with van der Waals surface area (Å²) in [6.45, 7) is 1.75. The number of rotatable bonds is 2. The van der Waals surface area contributed by atoms with Crippen molar-refractivity contribution >= 4 is 17.8 Å². The van der Waals surface area contributed by atoms with Gasteiger partial charge >= 0.3 is 0 Å². The number of benzene rings is 1. The van der Waals surface area contributed by atoms with Crippen LogP contribution in [0.1, 0.15) is 17.0 Å². The molecule has 0 saturated heterocycles. The number of hydrogen-bond acceptors (Lipinski definition) is 3. The third-order valence-corrected chi connectivity index (χ3v) is 2.24. The molecular weight excluding hydrogens is 207 g/mol. The molecule has 0 amide bonds. The van der Waals surface area contributed by atoms with E-state index in [9.17, 15) is 4.39 Å². The molecule has 0 fully saturated rings. The maximum absolute atomic E-state index is 12.6. The summed E-state index contributed by atoms with van der Waals surface area (Å²) in [5.74, 6) is 0.340. The van der Waals surface area contributed by atoms with Gasteiger partial charge in [-0.1, -0.05) is 23.4 Å². The quantitative estimate of drug-likeness (QED) is 0.843. The summed E-state index contributed by atoms with van der Waals surface area (Å²) in [6.07, 6.45) is 3.53. The number of nitrogen functional groups attached to an aromatic ring is 1. The minimum Gasteiger partial charge on any atom is -0.394 e. The van der Waals surface area contributed by atoms with Crippen molar-refractivity contribution in [3.05, 3.63) is 47.1 Å². The Morgan fingerprint density at radius 1 is 1.25 bits per heavy atom. The van der Waals surface area contributed by atoms with Crippen LogP contribution < -0.4 is 5.73 Å². The highest BCUT2D eigenvalue weighted by atomic mass is 19.1. The van der Waals surface area contributed by atoms with Gasteiger partial charge in [-0.2, -0.15) is 0 Å². The van der Waals surface area contributed by atoms with Crippen LogP contribution in [-0.4, -0.2) is 5.16 Å². The second-order valence-electron chi connectivity index (χ2n) is 3.42. The molecule has 82 valence electrons. The van der Waals surface area contributed by atoms with Gasteiger partial charge in [-0.25, -0.2) is 4.39 Å². The third kappa shape index (κ3) is 2.11. The van der Waals surface area contributed by atoms with Crippen LogP contribution in [0.15, 0.2) is 28.8 Å². The predicted molar refractivity (Wildman–Crippen MR) is 61.0 cm³/mol. The van der Waals surface area contributed by atoms with E-state index in [2.05, 4.69) is 5.16 Å². The number of aryl methyl sites for hydroxylation is 1. The first-order valence-corrected chi connectivity index (χ1v) is 4.82. The summed E-state index contributed by atoms with van der Waals surface area (Å²) in [5.41, 5.74) is 7.71. The van der Waals surface area contributed by atoms with E-state index in [4.69, 9.17) is 10.3 Å². The Kier molecular flexibility index (Phi) is 2.72. The van der Waals surface area contributed by atoms with Gasteiger partial charge in [0.1, 0.15) is 17.2 Å². The number of hydrogen-bond donors (Lipinski definition) is 1. The first-order chi connectivity index (χ1) is 7.66. The first kappa shape index (κ1) is 10.4. The SMILES string of the molecule is Cc1onc(/C=C/c2ccc(F)cc2)c1N. The van der Waals surface area contributed by atoms with Gasteiger partial charge in [0.25, 0.3) is 0 Å². The van der Waals surface area contributed by atoms with Crippen LogP contribution in [0.4, 0.5) is 10.1 Å². The lowest BCUT2D eigenvalue weighted by Gasteiger charge is -1.92. The molecule has 1 aromatic carbocycles. The lowest BCUT2D eigenvalue weighted by atomic mass is 10.2. The number of nitrogens with two attached hydrogens (primary N) is 1. The standard InChI is InChI=1S/C12H11FN2O/c1-8-12(14)11(15-16-8)7-4-9-2-5-10(13)6-3-9/h2-7H,14H2,1H3/b7-4+. The zero-order valence-electron chi connectivity index (χ0n) is 8.77. The molecule has 2 rings (SSSR count). The highest BCUT2D eigenvalue weighted by Crippen LogP contribution is 2.18. The van der Waals surface area contributed by atoms with Crippen LogP contribution in [-0.2, 0) is 0 Å². The van der Waals surface area contributed by atoms with Crippen LogP contribution in [0.2, 0.25) is 0 Å². The average Bonchev–Trinajstić information content (AvgIpc) is 2.60. The summed E-state index contributed by atoms with van der Waals surface area (Å²) in [5, 5.41) is 3.79. The molecule has 0 unspecified atom stereocenters. The zero-order chi connectivity index (χ0) is 11.5. The molecule has 1 aromatic heterocycles. The van der Waals surface area contributed by atoms with E-state index in [-0.39, 0.29) is 5.82 Å². The van der Waals surface area contributed by atoms with Crippen LogP contribution in [0.25, 0.3) is 12.2 Å². The number of anilines is 1. The second kappa shape index (κ2) is 4.18. The molecule has 0 radical (unpaired) electrons. The molecule has 0 aliphatic rings. The fraction of sp³-hybridized carbons (Fsp3) is 0.0833. The maximum atomic E-state index is 12.6. The van der Waals surface area contributed by atoms with Gasteiger partial charge in [0, 0.05) is 0 Å². The molecule has 0 bridgehead atoms. The predicted octanol–water partition coefficient (Wildman–Crippen LogP) is 2.87. The largest absolute Gasteiger partial charge is 0.394 e. The Morgan fingerprint density at radius 3 is 2.50 bits per heavy atom. The van der Waals surface area contributed by atoms with Crippen molar-refractivity contribution in [1.29, 1.82) is 0 Å². The molecule has 0 atom stereocenters. The molecule has 0 saturated carbocycles. The van der Waals surface area contributed by atoms with Crippen molar-refractivity contribution in [2.24, 2.45) is 0 Å². The Morgan fingerprint density at radius 2 is 1.94 bits per heavy atom. The van der Waals surface area contributed by atoms with E-state index in [1.54, 1.807) is 31.2 Å². The smallest absolute Gasteiger partial charge is 0.157 e. The Hall–Kier alpha value is -2.10. The average molecular weight is 218 g/mol. The monoisotopic (exact) mass is 218 g/mol. The van der Waals surface area contributed by atoms with Crippen LogP contribution in [0.5, 0.6) is 0 Å². The highest BCUT2D eigenvalue weighted by molar-refractivity contribution is 5.73. The molecule has 0 spiro atoms. The van der Waals surface area contributed by atoms with Gasteiger partial charge in [-0.3, -0.25) is 0 Å². The maximum Gasteiger partial charge on any atom is 0.157 e. The van der Waals surface area contributed by atoms with Crippen LogP contribution >= 0.6 is 0 Å². The highest BCUT2D eigenvalue weighted by Gasteiger charge is 2.04. The van der Waals surface area contributed by atoms with Crippen molar-refractivity contribution in [1.82, 2.24) is 5.16 Å². The lowest BCUT2D eigenvalue weighted by Crippen LogP contribution is -1.86. The van der Waals surface area contributed by atoms with E-state index >= 15 is 0 Å². The number of nitrogens with zero attached hydrogens (tertiary/aromatic N) is 1. The minimum absolute atomic E-state index is 0.256. The molecule has 0 aliphatic carbocycles. The first-order valence-electron chi connectivity index (χ1n) is 4.82. The van der Waals surface area contributed by atoms with E-state index < -0.39 is 0 Å². The third-order valence-electron chi connectivity index (χ3n) is 2.24. The van der Waals surface area contributed by atoms with Crippen molar-refractivity contribution in [3.63, 3.8) is 0 Å². The molecule has 2 N–H and O–H groups in total. The van der Waals surface area contributed by atoms with Gasteiger partial charge in [0.2, 0.25) is 0 Å². The fourth-order valence-corrected chi connectivity index (χ4v) is 1.27. The normalized spacial score (nSPS) is 11.1.